The molecule has 0 spiro atoms. The molecule has 0 bridgehead atoms. The van der Waals surface area contributed by atoms with E-state index < -0.39 is 0 Å². The molecule has 1 fully saturated rings. The summed E-state index contributed by atoms with van der Waals surface area (Å²) in [7, 11) is 0. The first-order valence-electron chi connectivity index (χ1n) is 5.89. The summed E-state index contributed by atoms with van der Waals surface area (Å²) in [4.78, 5) is 2.46. The highest BCUT2D eigenvalue weighted by atomic mass is 32.1. The van der Waals surface area contributed by atoms with Crippen molar-refractivity contribution in [2.75, 3.05) is 64.7 Å². The van der Waals surface area contributed by atoms with Gasteiger partial charge >= 0.3 is 0 Å². The van der Waals surface area contributed by atoms with Crippen LogP contribution in [0.5, 0.6) is 0 Å². The third-order valence-electron chi connectivity index (χ3n) is 2.58. The second-order valence-corrected chi connectivity index (χ2v) is 4.26. The van der Waals surface area contributed by atoms with Crippen LogP contribution in [0.4, 0.5) is 0 Å². The highest BCUT2D eigenvalue weighted by molar-refractivity contribution is 7.80. The first-order chi connectivity index (χ1) is 7.43. The monoisotopic (exact) mass is 232 g/mol. The van der Waals surface area contributed by atoms with Crippen molar-refractivity contribution in [3.05, 3.63) is 0 Å². The predicted octanol–water partition coefficient (Wildman–Crippen LogP) is -0.999. The zero-order valence-corrected chi connectivity index (χ0v) is 10.4. The first-order valence-corrected chi connectivity index (χ1v) is 6.52. The molecule has 1 aliphatic rings. The number of thiol groups is 1. The van der Waals surface area contributed by atoms with Crippen molar-refractivity contribution in [2.24, 2.45) is 0 Å². The van der Waals surface area contributed by atoms with Gasteiger partial charge in [0.05, 0.1) is 0 Å². The minimum Gasteiger partial charge on any atom is -0.314 e. The maximum atomic E-state index is 4.29. The van der Waals surface area contributed by atoms with E-state index in [1.807, 2.05) is 0 Å². The molecule has 1 rings (SSSR count). The van der Waals surface area contributed by atoms with Crippen LogP contribution in [-0.2, 0) is 0 Å². The molecule has 4 nitrogen and oxygen atoms in total. The summed E-state index contributed by atoms with van der Waals surface area (Å²) in [5, 5.41) is 10.3. The fourth-order valence-electron chi connectivity index (χ4n) is 1.68. The molecule has 1 saturated heterocycles. The van der Waals surface area contributed by atoms with Crippen molar-refractivity contribution in [2.45, 2.75) is 0 Å². The maximum Gasteiger partial charge on any atom is 0.0108 e. The maximum absolute atomic E-state index is 4.29. The van der Waals surface area contributed by atoms with Crippen LogP contribution >= 0.6 is 12.6 Å². The van der Waals surface area contributed by atoms with Gasteiger partial charge in [0.1, 0.15) is 0 Å². The lowest BCUT2D eigenvalue weighted by molar-refractivity contribution is 0.287. The van der Waals surface area contributed by atoms with Crippen molar-refractivity contribution in [3.8, 4) is 0 Å². The Kier molecular flexibility index (Phi) is 8.32. The molecule has 0 aromatic heterocycles. The lowest BCUT2D eigenvalue weighted by Crippen LogP contribution is -2.42. The largest absolute Gasteiger partial charge is 0.314 e. The van der Waals surface area contributed by atoms with Crippen LogP contribution in [0.2, 0.25) is 0 Å². The smallest absolute Gasteiger partial charge is 0.0108 e. The first kappa shape index (κ1) is 13.3. The van der Waals surface area contributed by atoms with Crippen LogP contribution in [0, 0.1) is 0 Å². The molecule has 0 aromatic carbocycles. The zero-order chi connectivity index (χ0) is 10.8. The summed E-state index contributed by atoms with van der Waals surface area (Å²) < 4.78 is 0. The standard InChI is InChI=1S/C10H24N4S/c15-10-9-14-7-5-12-3-1-11-2-4-13-6-8-14/h11-13,15H,1-10H2. The summed E-state index contributed by atoms with van der Waals surface area (Å²) in [5.74, 6) is 0.946. The van der Waals surface area contributed by atoms with E-state index in [1.54, 1.807) is 0 Å². The van der Waals surface area contributed by atoms with Gasteiger partial charge in [0, 0.05) is 64.7 Å². The van der Waals surface area contributed by atoms with Gasteiger partial charge in [-0.15, -0.1) is 0 Å². The Morgan fingerprint density at radius 2 is 1.27 bits per heavy atom. The normalized spacial score (nSPS) is 23.0. The van der Waals surface area contributed by atoms with Crippen LogP contribution in [0.15, 0.2) is 0 Å². The molecule has 0 saturated carbocycles. The van der Waals surface area contributed by atoms with Crippen LogP contribution < -0.4 is 16.0 Å². The average molecular weight is 232 g/mol. The Morgan fingerprint density at radius 3 is 1.73 bits per heavy atom. The molecule has 5 heteroatoms. The van der Waals surface area contributed by atoms with Crippen LogP contribution in [0.1, 0.15) is 0 Å². The quantitative estimate of drug-likeness (QED) is 0.461. The van der Waals surface area contributed by atoms with Gasteiger partial charge in [-0.2, -0.15) is 12.6 Å². The minimum atomic E-state index is 0.946. The van der Waals surface area contributed by atoms with Gasteiger partial charge in [0.25, 0.3) is 0 Å². The molecule has 0 aliphatic carbocycles. The van der Waals surface area contributed by atoms with Crippen molar-refractivity contribution in [3.63, 3.8) is 0 Å². The summed E-state index contributed by atoms with van der Waals surface area (Å²) in [6, 6.07) is 0. The number of hydrogen-bond acceptors (Lipinski definition) is 5. The topological polar surface area (TPSA) is 39.3 Å². The van der Waals surface area contributed by atoms with E-state index in [4.69, 9.17) is 0 Å². The highest BCUT2D eigenvalue weighted by Gasteiger charge is 2.03. The Balaban J connectivity index is 2.19. The Hall–Kier alpha value is 0.190. The van der Waals surface area contributed by atoms with E-state index >= 15 is 0 Å². The van der Waals surface area contributed by atoms with E-state index in [9.17, 15) is 0 Å². The molecule has 15 heavy (non-hydrogen) atoms. The molecule has 0 atom stereocenters. The highest BCUT2D eigenvalue weighted by Crippen LogP contribution is 1.88. The Bertz CT molecular complexity index is 133. The third-order valence-corrected chi connectivity index (χ3v) is 2.78. The van der Waals surface area contributed by atoms with Crippen LogP contribution in [0.3, 0.4) is 0 Å². The van der Waals surface area contributed by atoms with E-state index in [0.717, 1.165) is 64.7 Å². The summed E-state index contributed by atoms with van der Waals surface area (Å²) in [6.07, 6.45) is 0. The van der Waals surface area contributed by atoms with E-state index in [0.29, 0.717) is 0 Å². The molecule has 0 amide bonds. The molecule has 1 heterocycles. The molecular formula is C10H24N4S. The second kappa shape index (κ2) is 9.42. The molecule has 0 aromatic rings. The van der Waals surface area contributed by atoms with E-state index in [2.05, 4.69) is 33.5 Å². The van der Waals surface area contributed by atoms with Gasteiger partial charge in [-0.1, -0.05) is 0 Å². The summed E-state index contributed by atoms with van der Waals surface area (Å²) in [6.45, 7) is 9.76. The number of nitrogens with one attached hydrogen (secondary N) is 3. The third kappa shape index (κ3) is 7.14. The average Bonchev–Trinajstić information content (AvgIpc) is 2.22. The van der Waals surface area contributed by atoms with Crippen LogP contribution in [0.25, 0.3) is 0 Å². The molecule has 90 valence electrons. The predicted molar refractivity (Wildman–Crippen MR) is 68.9 cm³/mol. The van der Waals surface area contributed by atoms with Crippen molar-refractivity contribution in [1.29, 1.82) is 0 Å². The van der Waals surface area contributed by atoms with Crippen LogP contribution in [-0.4, -0.2) is 69.6 Å². The lowest BCUT2D eigenvalue weighted by Gasteiger charge is -2.22. The van der Waals surface area contributed by atoms with Crippen molar-refractivity contribution < 1.29 is 0 Å². The molecule has 0 unspecified atom stereocenters. The fourth-order valence-corrected chi connectivity index (χ4v) is 1.96. The molecule has 0 radical (unpaired) electrons. The summed E-state index contributed by atoms with van der Waals surface area (Å²) >= 11 is 4.29. The SMILES string of the molecule is SCCN1CCNCCNCCNCC1. The molecule has 3 N–H and O–H groups in total. The van der Waals surface area contributed by atoms with Crippen molar-refractivity contribution in [1.82, 2.24) is 20.9 Å². The van der Waals surface area contributed by atoms with Gasteiger partial charge in [-0.25, -0.2) is 0 Å². The van der Waals surface area contributed by atoms with Gasteiger partial charge in [-0.3, -0.25) is 0 Å². The number of rotatable bonds is 2. The Labute approximate surface area is 98.6 Å². The second-order valence-electron chi connectivity index (χ2n) is 3.82. The lowest BCUT2D eigenvalue weighted by atomic mass is 10.4. The fraction of sp³-hybridized carbons (Fsp3) is 1.00. The zero-order valence-electron chi connectivity index (χ0n) is 9.47. The van der Waals surface area contributed by atoms with E-state index in [-0.39, 0.29) is 0 Å². The number of hydrogen-bond donors (Lipinski definition) is 4. The molecular weight excluding hydrogens is 208 g/mol. The summed E-state index contributed by atoms with van der Waals surface area (Å²) in [5.41, 5.74) is 0. The van der Waals surface area contributed by atoms with Gasteiger partial charge < -0.3 is 20.9 Å². The van der Waals surface area contributed by atoms with Crippen molar-refractivity contribution >= 4 is 12.6 Å². The minimum absolute atomic E-state index is 0.946. The van der Waals surface area contributed by atoms with E-state index in [1.165, 1.54) is 0 Å². The number of nitrogens with zero attached hydrogens (tertiary/aromatic N) is 1. The van der Waals surface area contributed by atoms with Gasteiger partial charge in [0.2, 0.25) is 0 Å². The van der Waals surface area contributed by atoms with Gasteiger partial charge in [0.15, 0.2) is 0 Å². The van der Waals surface area contributed by atoms with Gasteiger partial charge in [-0.05, 0) is 0 Å². The Morgan fingerprint density at radius 1 is 0.800 bits per heavy atom. The molecule has 1 aliphatic heterocycles.